The number of non-ortho nitro benzene ring substituents is 1. The zero-order valence-electron chi connectivity index (χ0n) is 10.5. The van der Waals surface area contributed by atoms with Crippen molar-refractivity contribution in [3.63, 3.8) is 0 Å². The highest BCUT2D eigenvalue weighted by Gasteiger charge is 2.24. The molecule has 0 fully saturated rings. The summed E-state index contributed by atoms with van der Waals surface area (Å²) < 4.78 is 1.33. The number of nitro groups is 2. The molecule has 0 aliphatic rings. The third-order valence-electron chi connectivity index (χ3n) is 3.03. The molecule has 0 N–H and O–H groups in total. The van der Waals surface area contributed by atoms with Crippen LogP contribution in [0.3, 0.4) is 0 Å². The van der Waals surface area contributed by atoms with E-state index < -0.39 is 9.85 Å². The maximum atomic E-state index is 11.1. The van der Waals surface area contributed by atoms with Gasteiger partial charge in [0.25, 0.3) is 5.69 Å². The van der Waals surface area contributed by atoms with Crippen LogP contribution in [0.15, 0.2) is 48.5 Å². The Bertz CT molecular complexity index is 857. The van der Waals surface area contributed by atoms with E-state index in [-0.39, 0.29) is 16.9 Å². The molecule has 0 saturated carbocycles. The fourth-order valence-electron chi connectivity index (χ4n) is 2.10. The molecule has 104 valence electrons. The van der Waals surface area contributed by atoms with Gasteiger partial charge in [-0.3, -0.25) is 10.1 Å². The largest absolute Gasteiger partial charge is 0.398 e. The molecule has 0 radical (unpaired) electrons. The molecule has 1 aromatic heterocycles. The molecule has 3 aromatic rings. The fraction of sp³-hybridized carbons (Fsp3) is 0. The molecule has 0 bridgehead atoms. The van der Waals surface area contributed by atoms with Gasteiger partial charge in [-0.25, -0.2) is 0 Å². The highest BCUT2D eigenvalue weighted by atomic mass is 16.6. The summed E-state index contributed by atoms with van der Waals surface area (Å²) in [5, 5.41) is 26.2. The first-order valence-corrected chi connectivity index (χ1v) is 5.95. The van der Waals surface area contributed by atoms with Crippen molar-refractivity contribution in [2.24, 2.45) is 0 Å². The van der Waals surface area contributed by atoms with Gasteiger partial charge in [0.15, 0.2) is 0 Å². The second-order valence-corrected chi connectivity index (χ2v) is 4.29. The van der Waals surface area contributed by atoms with E-state index in [0.717, 1.165) is 0 Å². The summed E-state index contributed by atoms with van der Waals surface area (Å²) in [7, 11) is 0. The van der Waals surface area contributed by atoms with Crippen molar-refractivity contribution < 1.29 is 9.85 Å². The Morgan fingerprint density at radius 2 is 1.67 bits per heavy atom. The van der Waals surface area contributed by atoms with Gasteiger partial charge in [-0.15, -0.1) is 4.68 Å². The maximum absolute atomic E-state index is 11.1. The van der Waals surface area contributed by atoms with E-state index in [4.69, 9.17) is 0 Å². The van der Waals surface area contributed by atoms with Crippen molar-refractivity contribution in [1.82, 2.24) is 9.78 Å². The van der Waals surface area contributed by atoms with E-state index in [1.54, 1.807) is 30.3 Å². The number of fused-ring (bicyclic) bond motifs is 1. The zero-order chi connectivity index (χ0) is 15.0. The van der Waals surface area contributed by atoms with E-state index in [1.165, 1.54) is 22.9 Å². The van der Waals surface area contributed by atoms with E-state index in [2.05, 4.69) is 5.10 Å². The number of benzene rings is 2. The summed E-state index contributed by atoms with van der Waals surface area (Å²) >= 11 is 0. The SMILES string of the molecule is O=[N+]([O-])c1ccc2c([N+](=O)[O-])nn(-c3ccccc3)c2c1. The summed E-state index contributed by atoms with van der Waals surface area (Å²) in [6.07, 6.45) is 0. The Hall–Kier alpha value is -3.29. The monoisotopic (exact) mass is 284 g/mol. The van der Waals surface area contributed by atoms with Crippen molar-refractivity contribution in [1.29, 1.82) is 0 Å². The second kappa shape index (κ2) is 4.67. The number of nitrogens with zero attached hydrogens (tertiary/aromatic N) is 4. The first kappa shape index (κ1) is 12.7. The van der Waals surface area contributed by atoms with Crippen LogP contribution in [0.5, 0.6) is 0 Å². The molecule has 2 aromatic carbocycles. The molecule has 21 heavy (non-hydrogen) atoms. The lowest BCUT2D eigenvalue weighted by molar-refractivity contribution is -0.388. The van der Waals surface area contributed by atoms with Gasteiger partial charge in [-0.2, -0.15) is 0 Å². The maximum Gasteiger partial charge on any atom is 0.398 e. The minimum atomic E-state index is -0.604. The van der Waals surface area contributed by atoms with Crippen LogP contribution >= 0.6 is 0 Å². The summed E-state index contributed by atoms with van der Waals surface area (Å²) in [4.78, 5) is 20.8. The highest BCUT2D eigenvalue weighted by molar-refractivity contribution is 5.90. The lowest BCUT2D eigenvalue weighted by Gasteiger charge is -1.98. The topological polar surface area (TPSA) is 104 Å². The molecule has 0 aliphatic heterocycles. The van der Waals surface area contributed by atoms with E-state index >= 15 is 0 Å². The molecule has 3 rings (SSSR count). The molecule has 0 spiro atoms. The number of para-hydroxylation sites is 1. The normalized spacial score (nSPS) is 10.7. The van der Waals surface area contributed by atoms with Crippen LogP contribution < -0.4 is 0 Å². The minimum absolute atomic E-state index is 0.144. The predicted molar refractivity (Wildman–Crippen MR) is 74.4 cm³/mol. The molecule has 8 heteroatoms. The van der Waals surface area contributed by atoms with Crippen molar-refractivity contribution in [3.05, 3.63) is 68.8 Å². The number of nitro benzene ring substituents is 1. The van der Waals surface area contributed by atoms with Gasteiger partial charge in [0.1, 0.15) is 10.9 Å². The van der Waals surface area contributed by atoms with Gasteiger partial charge < -0.3 is 10.1 Å². The van der Waals surface area contributed by atoms with Gasteiger partial charge >= 0.3 is 5.82 Å². The van der Waals surface area contributed by atoms with Crippen LogP contribution in [0.2, 0.25) is 0 Å². The molecule has 8 nitrogen and oxygen atoms in total. The number of hydrogen-bond acceptors (Lipinski definition) is 5. The predicted octanol–water partition coefficient (Wildman–Crippen LogP) is 2.84. The van der Waals surface area contributed by atoms with Crippen LogP contribution in [0.4, 0.5) is 11.5 Å². The lowest BCUT2D eigenvalue weighted by Crippen LogP contribution is -1.97. The fourth-order valence-corrected chi connectivity index (χ4v) is 2.10. The molecule has 0 atom stereocenters. The van der Waals surface area contributed by atoms with E-state index in [9.17, 15) is 20.2 Å². The Morgan fingerprint density at radius 1 is 0.952 bits per heavy atom. The first-order chi connectivity index (χ1) is 10.1. The van der Waals surface area contributed by atoms with Crippen molar-refractivity contribution in [3.8, 4) is 5.69 Å². The highest BCUT2D eigenvalue weighted by Crippen LogP contribution is 2.30. The van der Waals surface area contributed by atoms with Gasteiger partial charge in [0, 0.05) is 12.1 Å². The summed E-state index contributed by atoms with van der Waals surface area (Å²) in [5.41, 5.74) is 0.771. The van der Waals surface area contributed by atoms with Crippen LogP contribution in [-0.4, -0.2) is 19.6 Å². The first-order valence-electron chi connectivity index (χ1n) is 5.95. The number of rotatable bonds is 3. The van der Waals surface area contributed by atoms with Gasteiger partial charge in [0.05, 0.1) is 15.7 Å². The minimum Gasteiger partial charge on any atom is -0.358 e. The van der Waals surface area contributed by atoms with Crippen LogP contribution in [0.1, 0.15) is 0 Å². The van der Waals surface area contributed by atoms with Crippen molar-refractivity contribution >= 4 is 22.4 Å². The van der Waals surface area contributed by atoms with E-state index in [0.29, 0.717) is 11.2 Å². The van der Waals surface area contributed by atoms with Crippen molar-refractivity contribution in [2.75, 3.05) is 0 Å². The van der Waals surface area contributed by atoms with Gasteiger partial charge in [0.2, 0.25) is 0 Å². The van der Waals surface area contributed by atoms with E-state index in [1.807, 2.05) is 0 Å². The third-order valence-corrected chi connectivity index (χ3v) is 3.03. The lowest BCUT2D eigenvalue weighted by atomic mass is 10.2. The average molecular weight is 284 g/mol. The molecular formula is C13H8N4O4. The Kier molecular flexibility index (Phi) is 2.83. The van der Waals surface area contributed by atoms with Gasteiger partial charge in [-0.1, -0.05) is 18.2 Å². The third kappa shape index (κ3) is 2.08. The van der Waals surface area contributed by atoms with Crippen LogP contribution in [-0.2, 0) is 0 Å². The standard InChI is InChI=1S/C13H8N4O4/c18-16(19)10-6-7-11-12(8-10)15(14-13(11)17(20)21)9-4-2-1-3-5-9/h1-8H. The summed E-state index contributed by atoms with van der Waals surface area (Å²) in [6, 6.07) is 12.6. The molecule has 0 saturated heterocycles. The second-order valence-electron chi connectivity index (χ2n) is 4.29. The molecule has 0 unspecified atom stereocenters. The Balaban J connectivity index is 2.35. The molecule has 0 amide bonds. The summed E-state index contributed by atoms with van der Waals surface area (Å²) in [6.45, 7) is 0. The molecular weight excluding hydrogens is 276 g/mol. The Labute approximate surface area is 117 Å². The number of aromatic nitrogens is 2. The zero-order valence-corrected chi connectivity index (χ0v) is 10.5. The average Bonchev–Trinajstić information content (AvgIpc) is 2.87. The number of hydrogen-bond donors (Lipinski definition) is 0. The summed E-state index contributed by atoms with van der Waals surface area (Å²) in [5.74, 6) is -0.330. The molecule has 1 heterocycles. The smallest absolute Gasteiger partial charge is 0.358 e. The van der Waals surface area contributed by atoms with Crippen LogP contribution in [0, 0.1) is 20.2 Å². The molecule has 0 aliphatic carbocycles. The van der Waals surface area contributed by atoms with Crippen LogP contribution in [0.25, 0.3) is 16.6 Å². The van der Waals surface area contributed by atoms with Gasteiger partial charge in [-0.05, 0) is 23.1 Å². The van der Waals surface area contributed by atoms with Crippen molar-refractivity contribution in [2.45, 2.75) is 0 Å². The quantitative estimate of drug-likeness (QED) is 0.543. The Morgan fingerprint density at radius 3 is 2.29 bits per heavy atom.